The van der Waals surface area contributed by atoms with E-state index in [0.717, 1.165) is 50.9 Å². The maximum absolute atomic E-state index is 11.0. The van der Waals surface area contributed by atoms with Crippen LogP contribution in [0.2, 0.25) is 0 Å². The third-order valence-electron chi connectivity index (χ3n) is 5.62. The van der Waals surface area contributed by atoms with E-state index in [1.807, 2.05) is 0 Å². The first-order chi connectivity index (χ1) is 8.19. The SMILES string of the molecule is N#CC1(C2(O)CCCC(C3CC3)C2)CCCC1. The van der Waals surface area contributed by atoms with Gasteiger partial charge in [0.2, 0.25) is 0 Å². The van der Waals surface area contributed by atoms with E-state index in [1.165, 1.54) is 19.3 Å². The molecule has 3 saturated carbocycles. The van der Waals surface area contributed by atoms with E-state index in [9.17, 15) is 10.4 Å². The molecule has 3 rings (SSSR count). The number of hydrogen-bond acceptors (Lipinski definition) is 2. The molecule has 3 aliphatic rings. The molecule has 2 heteroatoms. The fraction of sp³-hybridized carbons (Fsp3) is 0.933. The van der Waals surface area contributed by atoms with E-state index < -0.39 is 11.0 Å². The quantitative estimate of drug-likeness (QED) is 0.794. The molecule has 0 bridgehead atoms. The van der Waals surface area contributed by atoms with Gasteiger partial charge in [0.05, 0.1) is 17.1 Å². The largest absolute Gasteiger partial charge is 0.388 e. The number of rotatable bonds is 2. The fourth-order valence-corrected chi connectivity index (χ4v) is 4.36. The molecular formula is C15H23NO. The topological polar surface area (TPSA) is 44.0 Å². The molecule has 0 aromatic carbocycles. The lowest BCUT2D eigenvalue weighted by molar-refractivity contribution is -0.0967. The maximum atomic E-state index is 11.0. The maximum Gasteiger partial charge on any atom is 0.0860 e. The molecule has 0 aromatic rings. The van der Waals surface area contributed by atoms with Gasteiger partial charge in [0.25, 0.3) is 0 Å². The Balaban J connectivity index is 1.81. The summed E-state index contributed by atoms with van der Waals surface area (Å²) >= 11 is 0. The van der Waals surface area contributed by atoms with Gasteiger partial charge >= 0.3 is 0 Å². The van der Waals surface area contributed by atoms with E-state index in [2.05, 4.69) is 6.07 Å². The highest BCUT2D eigenvalue weighted by atomic mass is 16.3. The highest BCUT2D eigenvalue weighted by molar-refractivity contribution is 5.15. The van der Waals surface area contributed by atoms with Gasteiger partial charge in [-0.3, -0.25) is 0 Å². The van der Waals surface area contributed by atoms with Crippen molar-refractivity contribution in [2.45, 2.75) is 69.8 Å². The van der Waals surface area contributed by atoms with Gasteiger partial charge in [-0.05, 0) is 56.8 Å². The van der Waals surface area contributed by atoms with Crippen LogP contribution in [-0.4, -0.2) is 10.7 Å². The highest BCUT2D eigenvalue weighted by Crippen LogP contribution is 2.56. The molecule has 1 N–H and O–H groups in total. The number of nitrogens with zero attached hydrogens (tertiary/aromatic N) is 1. The standard InChI is InChI=1S/C15H23NO/c16-11-14(7-1-2-8-14)15(17)9-3-4-13(10-15)12-5-6-12/h12-13,17H,1-10H2. The summed E-state index contributed by atoms with van der Waals surface area (Å²) in [7, 11) is 0. The summed E-state index contributed by atoms with van der Waals surface area (Å²) in [6.45, 7) is 0. The van der Waals surface area contributed by atoms with Gasteiger partial charge in [-0.25, -0.2) is 0 Å². The Morgan fingerprint density at radius 2 is 1.65 bits per heavy atom. The Hall–Kier alpha value is -0.550. The van der Waals surface area contributed by atoms with E-state index in [-0.39, 0.29) is 0 Å². The number of hydrogen-bond donors (Lipinski definition) is 1. The second kappa shape index (κ2) is 3.99. The van der Waals surface area contributed by atoms with Crippen molar-refractivity contribution in [1.82, 2.24) is 0 Å². The summed E-state index contributed by atoms with van der Waals surface area (Å²) in [5, 5.41) is 20.6. The summed E-state index contributed by atoms with van der Waals surface area (Å²) < 4.78 is 0. The zero-order valence-corrected chi connectivity index (χ0v) is 10.6. The van der Waals surface area contributed by atoms with Crippen LogP contribution in [0, 0.1) is 28.6 Å². The van der Waals surface area contributed by atoms with Gasteiger partial charge in [0.1, 0.15) is 0 Å². The van der Waals surface area contributed by atoms with Gasteiger partial charge in [0, 0.05) is 0 Å². The Labute approximate surface area is 104 Å². The van der Waals surface area contributed by atoms with Crippen molar-refractivity contribution in [3.05, 3.63) is 0 Å². The first-order valence-corrected chi connectivity index (χ1v) is 7.33. The number of nitriles is 1. The molecule has 3 aliphatic carbocycles. The Morgan fingerprint density at radius 1 is 0.941 bits per heavy atom. The van der Waals surface area contributed by atoms with Crippen LogP contribution in [0.25, 0.3) is 0 Å². The molecule has 0 heterocycles. The third kappa shape index (κ3) is 1.80. The van der Waals surface area contributed by atoms with Crippen LogP contribution >= 0.6 is 0 Å². The minimum atomic E-state index is -0.663. The van der Waals surface area contributed by atoms with Crippen molar-refractivity contribution in [3.63, 3.8) is 0 Å². The number of aliphatic hydroxyl groups is 1. The fourth-order valence-electron chi connectivity index (χ4n) is 4.36. The van der Waals surface area contributed by atoms with Crippen LogP contribution in [0.3, 0.4) is 0 Å². The van der Waals surface area contributed by atoms with Gasteiger partial charge in [-0.2, -0.15) is 5.26 Å². The first-order valence-electron chi connectivity index (χ1n) is 7.33. The average Bonchev–Trinajstić information content (AvgIpc) is 3.07. The smallest absolute Gasteiger partial charge is 0.0860 e. The van der Waals surface area contributed by atoms with Crippen molar-refractivity contribution in [3.8, 4) is 6.07 Å². The monoisotopic (exact) mass is 233 g/mol. The van der Waals surface area contributed by atoms with Gasteiger partial charge in [-0.15, -0.1) is 0 Å². The Morgan fingerprint density at radius 3 is 2.24 bits per heavy atom. The second-order valence-corrected chi connectivity index (χ2v) is 6.63. The van der Waals surface area contributed by atoms with Crippen molar-refractivity contribution < 1.29 is 5.11 Å². The Bertz CT molecular complexity index is 335. The molecule has 2 nitrogen and oxygen atoms in total. The molecule has 0 amide bonds. The molecular weight excluding hydrogens is 210 g/mol. The molecule has 17 heavy (non-hydrogen) atoms. The minimum absolute atomic E-state index is 0.402. The lowest BCUT2D eigenvalue weighted by Crippen LogP contribution is -2.49. The van der Waals surface area contributed by atoms with E-state index in [4.69, 9.17) is 0 Å². The zero-order chi connectivity index (χ0) is 11.9. The van der Waals surface area contributed by atoms with Crippen molar-refractivity contribution in [2.75, 3.05) is 0 Å². The zero-order valence-electron chi connectivity index (χ0n) is 10.6. The molecule has 94 valence electrons. The van der Waals surface area contributed by atoms with Crippen LogP contribution < -0.4 is 0 Å². The van der Waals surface area contributed by atoms with Crippen LogP contribution in [-0.2, 0) is 0 Å². The summed E-state index contributed by atoms with van der Waals surface area (Å²) in [4.78, 5) is 0. The van der Waals surface area contributed by atoms with Crippen molar-refractivity contribution in [1.29, 1.82) is 5.26 Å². The molecule has 0 radical (unpaired) electrons. The molecule has 2 atom stereocenters. The normalized spacial score (nSPS) is 41.1. The Kier molecular flexibility index (Phi) is 2.70. The summed E-state index contributed by atoms with van der Waals surface area (Å²) in [5.41, 5.74) is -1.07. The molecule has 3 fully saturated rings. The van der Waals surface area contributed by atoms with Gasteiger partial charge in [-0.1, -0.05) is 19.3 Å². The van der Waals surface area contributed by atoms with E-state index in [0.29, 0.717) is 5.92 Å². The molecule has 2 unspecified atom stereocenters. The predicted molar refractivity (Wildman–Crippen MR) is 66.1 cm³/mol. The van der Waals surface area contributed by atoms with Crippen LogP contribution in [0.15, 0.2) is 0 Å². The second-order valence-electron chi connectivity index (χ2n) is 6.63. The summed E-state index contributed by atoms with van der Waals surface area (Å²) in [6.07, 6.45) is 11.0. The average molecular weight is 233 g/mol. The van der Waals surface area contributed by atoms with E-state index in [1.54, 1.807) is 0 Å². The molecule has 0 spiro atoms. The van der Waals surface area contributed by atoms with E-state index >= 15 is 0 Å². The van der Waals surface area contributed by atoms with Gasteiger partial charge < -0.3 is 5.11 Å². The highest BCUT2D eigenvalue weighted by Gasteiger charge is 2.55. The minimum Gasteiger partial charge on any atom is -0.388 e. The summed E-state index contributed by atoms with van der Waals surface area (Å²) in [6, 6.07) is 2.52. The van der Waals surface area contributed by atoms with Gasteiger partial charge in [0.15, 0.2) is 0 Å². The van der Waals surface area contributed by atoms with Crippen LogP contribution in [0.1, 0.15) is 64.2 Å². The molecule has 0 aliphatic heterocycles. The lowest BCUT2D eigenvalue weighted by atomic mass is 9.62. The predicted octanol–water partition coefficient (Wildman–Crippen LogP) is 3.40. The van der Waals surface area contributed by atoms with Crippen molar-refractivity contribution in [2.24, 2.45) is 17.3 Å². The lowest BCUT2D eigenvalue weighted by Gasteiger charge is -2.46. The van der Waals surface area contributed by atoms with Crippen LogP contribution in [0.4, 0.5) is 0 Å². The first kappa shape index (κ1) is 11.5. The third-order valence-corrected chi connectivity index (χ3v) is 5.62. The van der Waals surface area contributed by atoms with Crippen molar-refractivity contribution >= 4 is 0 Å². The molecule has 0 saturated heterocycles. The van der Waals surface area contributed by atoms with Crippen LogP contribution in [0.5, 0.6) is 0 Å². The molecule has 0 aromatic heterocycles. The summed E-state index contributed by atoms with van der Waals surface area (Å²) in [5.74, 6) is 1.58.